The van der Waals surface area contributed by atoms with Gasteiger partial charge in [-0.15, -0.1) is 0 Å². The monoisotopic (exact) mass is 309 g/mol. The lowest BCUT2D eigenvalue weighted by Crippen LogP contribution is -3.00. The minimum atomic E-state index is -0.265. The van der Waals surface area contributed by atoms with Crippen LogP contribution in [0.15, 0.2) is 24.5 Å². The van der Waals surface area contributed by atoms with Gasteiger partial charge in [0.15, 0.2) is 18.7 Å². The number of rotatable bonds is 4. The average Bonchev–Trinajstić information content (AvgIpc) is 2.20. The summed E-state index contributed by atoms with van der Waals surface area (Å²) in [6, 6.07) is 3.98. The molecular formula is C10H16INO2. The fraction of sp³-hybridized carbons (Fsp3) is 0.500. The summed E-state index contributed by atoms with van der Waals surface area (Å²) in [4.78, 5) is 0. The molecule has 0 N–H and O–H groups in total. The summed E-state index contributed by atoms with van der Waals surface area (Å²) in [6.45, 7) is 3.05. The minimum Gasteiger partial charge on any atom is -1.00 e. The molecule has 0 saturated heterocycles. The topological polar surface area (TPSA) is 22.3 Å². The number of pyridine rings is 1. The van der Waals surface area contributed by atoms with E-state index in [1.165, 1.54) is 0 Å². The van der Waals surface area contributed by atoms with Crippen LogP contribution in [-0.2, 0) is 16.0 Å². The summed E-state index contributed by atoms with van der Waals surface area (Å²) in [7, 11) is 3.27. The van der Waals surface area contributed by atoms with E-state index in [0.717, 1.165) is 12.1 Å². The van der Waals surface area contributed by atoms with Crippen LogP contribution in [0.3, 0.4) is 0 Å². The lowest BCUT2D eigenvalue weighted by Gasteiger charge is -2.11. The SMILES string of the molecule is CC[n+]1cccc(C(OC)OC)c1.[I-]. The summed E-state index contributed by atoms with van der Waals surface area (Å²) >= 11 is 0. The highest BCUT2D eigenvalue weighted by Gasteiger charge is 2.11. The standard InChI is InChI=1S/C10H16NO2.HI/c1-4-11-7-5-6-9(8-11)10(12-2)13-3;/h5-8,10H,4H2,1-3H3;1H/q+1;/p-1. The van der Waals surface area contributed by atoms with Gasteiger partial charge in [0.2, 0.25) is 0 Å². The van der Waals surface area contributed by atoms with Crippen LogP contribution >= 0.6 is 0 Å². The fourth-order valence-electron chi connectivity index (χ4n) is 1.25. The van der Waals surface area contributed by atoms with Crippen LogP contribution in [0.25, 0.3) is 0 Å². The zero-order valence-electron chi connectivity index (χ0n) is 8.74. The molecule has 0 bridgehead atoms. The molecular weight excluding hydrogens is 293 g/mol. The van der Waals surface area contributed by atoms with E-state index in [-0.39, 0.29) is 30.3 Å². The first-order valence-electron chi connectivity index (χ1n) is 4.36. The van der Waals surface area contributed by atoms with Gasteiger partial charge >= 0.3 is 0 Å². The van der Waals surface area contributed by atoms with Crippen LogP contribution in [-0.4, -0.2) is 14.2 Å². The Kier molecular flexibility index (Phi) is 7.04. The summed E-state index contributed by atoms with van der Waals surface area (Å²) in [6.07, 6.45) is 3.78. The maximum atomic E-state index is 5.15. The van der Waals surface area contributed by atoms with Crippen LogP contribution in [0.2, 0.25) is 0 Å². The number of methoxy groups -OCH3 is 2. The molecule has 0 fully saturated rings. The van der Waals surface area contributed by atoms with Crippen molar-refractivity contribution in [2.75, 3.05) is 14.2 Å². The van der Waals surface area contributed by atoms with Crippen LogP contribution in [0.4, 0.5) is 0 Å². The molecule has 0 aliphatic rings. The van der Waals surface area contributed by atoms with Crippen molar-refractivity contribution in [1.82, 2.24) is 0 Å². The van der Waals surface area contributed by atoms with Crippen molar-refractivity contribution in [3.8, 4) is 0 Å². The van der Waals surface area contributed by atoms with Gasteiger partial charge in [-0.05, 0) is 13.0 Å². The van der Waals surface area contributed by atoms with Crippen molar-refractivity contribution in [1.29, 1.82) is 0 Å². The van der Waals surface area contributed by atoms with Crippen molar-refractivity contribution in [2.45, 2.75) is 19.8 Å². The highest BCUT2D eigenvalue weighted by atomic mass is 127. The molecule has 1 rings (SSSR count). The Labute approximate surface area is 102 Å². The third-order valence-corrected chi connectivity index (χ3v) is 1.95. The molecule has 4 heteroatoms. The lowest BCUT2D eigenvalue weighted by molar-refractivity contribution is -0.694. The van der Waals surface area contributed by atoms with Gasteiger partial charge in [-0.1, -0.05) is 0 Å². The summed E-state index contributed by atoms with van der Waals surface area (Å²) < 4.78 is 12.4. The molecule has 0 saturated carbocycles. The van der Waals surface area contributed by atoms with Gasteiger partial charge < -0.3 is 33.5 Å². The molecule has 80 valence electrons. The quantitative estimate of drug-likeness (QED) is 0.375. The Morgan fingerprint density at radius 3 is 2.50 bits per heavy atom. The van der Waals surface area contributed by atoms with Crippen molar-refractivity contribution in [3.05, 3.63) is 30.1 Å². The zero-order valence-corrected chi connectivity index (χ0v) is 10.9. The summed E-state index contributed by atoms with van der Waals surface area (Å²) in [5.41, 5.74) is 1.04. The third kappa shape index (κ3) is 3.51. The Bertz CT molecular complexity index is 264. The van der Waals surface area contributed by atoms with Gasteiger partial charge in [0, 0.05) is 20.3 Å². The number of aromatic nitrogens is 1. The Balaban J connectivity index is 0.00000169. The number of nitrogens with zero attached hydrogens (tertiary/aromatic N) is 1. The lowest BCUT2D eigenvalue weighted by atomic mass is 10.3. The zero-order chi connectivity index (χ0) is 9.68. The van der Waals surface area contributed by atoms with E-state index in [1.54, 1.807) is 14.2 Å². The van der Waals surface area contributed by atoms with E-state index < -0.39 is 0 Å². The van der Waals surface area contributed by atoms with Gasteiger partial charge in [-0.3, -0.25) is 0 Å². The van der Waals surface area contributed by atoms with Crippen molar-refractivity contribution < 1.29 is 38.0 Å². The van der Waals surface area contributed by atoms with E-state index in [9.17, 15) is 0 Å². The highest BCUT2D eigenvalue weighted by Crippen LogP contribution is 2.14. The number of hydrogen-bond donors (Lipinski definition) is 0. The van der Waals surface area contributed by atoms with Crippen molar-refractivity contribution in [2.24, 2.45) is 0 Å². The van der Waals surface area contributed by atoms with E-state index in [0.29, 0.717) is 0 Å². The molecule has 0 amide bonds. The second kappa shape index (κ2) is 7.14. The summed E-state index contributed by atoms with van der Waals surface area (Å²) in [5, 5.41) is 0. The van der Waals surface area contributed by atoms with Gasteiger partial charge in [0.25, 0.3) is 0 Å². The molecule has 1 aromatic rings. The maximum absolute atomic E-state index is 5.15. The van der Waals surface area contributed by atoms with Crippen LogP contribution in [0, 0.1) is 0 Å². The first-order valence-corrected chi connectivity index (χ1v) is 4.36. The molecule has 0 atom stereocenters. The Hall–Kier alpha value is -0.200. The first-order chi connectivity index (χ1) is 6.31. The van der Waals surface area contributed by atoms with E-state index in [2.05, 4.69) is 11.5 Å². The molecule has 0 aromatic carbocycles. The molecule has 1 heterocycles. The Morgan fingerprint density at radius 2 is 2.00 bits per heavy atom. The minimum absolute atomic E-state index is 0. The fourth-order valence-corrected chi connectivity index (χ4v) is 1.25. The number of ether oxygens (including phenoxy) is 2. The highest BCUT2D eigenvalue weighted by molar-refractivity contribution is 5.06. The second-order valence-corrected chi connectivity index (χ2v) is 2.77. The average molecular weight is 309 g/mol. The molecule has 14 heavy (non-hydrogen) atoms. The van der Waals surface area contributed by atoms with Gasteiger partial charge in [-0.2, -0.15) is 0 Å². The number of aryl methyl sites for hydroxylation is 1. The van der Waals surface area contributed by atoms with E-state index >= 15 is 0 Å². The van der Waals surface area contributed by atoms with Crippen LogP contribution < -0.4 is 28.5 Å². The Morgan fingerprint density at radius 1 is 1.36 bits per heavy atom. The molecule has 0 unspecified atom stereocenters. The van der Waals surface area contributed by atoms with E-state index in [1.807, 2.05) is 24.5 Å². The summed E-state index contributed by atoms with van der Waals surface area (Å²) in [5.74, 6) is 0. The molecule has 0 spiro atoms. The maximum Gasteiger partial charge on any atom is 0.188 e. The van der Waals surface area contributed by atoms with Crippen LogP contribution in [0.1, 0.15) is 18.8 Å². The normalized spacial score (nSPS) is 10.0. The predicted molar refractivity (Wildman–Crippen MR) is 49.1 cm³/mol. The van der Waals surface area contributed by atoms with Gasteiger partial charge in [0.1, 0.15) is 6.54 Å². The largest absolute Gasteiger partial charge is 1.00 e. The molecule has 0 aliphatic carbocycles. The van der Waals surface area contributed by atoms with Crippen LogP contribution in [0.5, 0.6) is 0 Å². The molecule has 0 aliphatic heterocycles. The second-order valence-electron chi connectivity index (χ2n) is 2.77. The number of halogens is 1. The predicted octanol–water partition coefficient (Wildman–Crippen LogP) is -1.71. The number of hydrogen-bond acceptors (Lipinski definition) is 2. The smallest absolute Gasteiger partial charge is 0.188 e. The molecule has 3 nitrogen and oxygen atoms in total. The van der Waals surface area contributed by atoms with Crippen molar-refractivity contribution in [3.63, 3.8) is 0 Å². The molecule has 1 aromatic heterocycles. The van der Waals surface area contributed by atoms with Crippen molar-refractivity contribution >= 4 is 0 Å². The van der Waals surface area contributed by atoms with Gasteiger partial charge in [0.05, 0.1) is 5.56 Å². The first kappa shape index (κ1) is 13.8. The van der Waals surface area contributed by atoms with Gasteiger partial charge in [-0.25, -0.2) is 4.57 Å². The third-order valence-electron chi connectivity index (χ3n) is 1.95. The van der Waals surface area contributed by atoms with E-state index in [4.69, 9.17) is 9.47 Å². The molecule has 0 radical (unpaired) electrons.